The van der Waals surface area contributed by atoms with E-state index in [0.717, 1.165) is 5.82 Å². The second-order valence-corrected chi connectivity index (χ2v) is 3.83. The number of nitrogens with zero attached hydrogens (tertiary/aromatic N) is 2. The van der Waals surface area contributed by atoms with E-state index in [-0.39, 0.29) is 11.3 Å². The van der Waals surface area contributed by atoms with E-state index >= 15 is 0 Å². The summed E-state index contributed by atoms with van der Waals surface area (Å²) in [7, 11) is 0. The molecule has 0 radical (unpaired) electrons. The third-order valence-corrected chi connectivity index (χ3v) is 2.47. The van der Waals surface area contributed by atoms with Crippen LogP contribution in [0.25, 0.3) is 0 Å². The number of halogens is 1. The zero-order chi connectivity index (χ0) is 11.4. The van der Waals surface area contributed by atoms with Crippen molar-refractivity contribution >= 4 is 17.4 Å². The van der Waals surface area contributed by atoms with Crippen molar-refractivity contribution in [2.45, 2.75) is 13.0 Å². The lowest BCUT2D eigenvalue weighted by molar-refractivity contribution is 0.872. The van der Waals surface area contributed by atoms with E-state index in [1.807, 2.05) is 18.2 Å². The summed E-state index contributed by atoms with van der Waals surface area (Å²) in [6.45, 7) is 2.07. The SMILES string of the molecule is C[C@@H](Nc1ccnc(Cl)n1)c1ccccc1. The molecule has 0 saturated carbocycles. The Kier molecular flexibility index (Phi) is 3.37. The van der Waals surface area contributed by atoms with Gasteiger partial charge in [0.25, 0.3) is 0 Å². The Balaban J connectivity index is 2.11. The van der Waals surface area contributed by atoms with Crippen molar-refractivity contribution in [3.63, 3.8) is 0 Å². The molecule has 82 valence electrons. The molecule has 0 aliphatic carbocycles. The highest BCUT2D eigenvalue weighted by Gasteiger charge is 2.05. The Hall–Kier alpha value is -1.61. The monoisotopic (exact) mass is 233 g/mol. The largest absolute Gasteiger partial charge is 0.363 e. The number of rotatable bonds is 3. The van der Waals surface area contributed by atoms with Crippen LogP contribution in [0.3, 0.4) is 0 Å². The van der Waals surface area contributed by atoms with Crippen LogP contribution in [0.2, 0.25) is 5.28 Å². The molecular formula is C12H12ClN3. The van der Waals surface area contributed by atoms with Crippen LogP contribution < -0.4 is 5.32 Å². The first-order valence-corrected chi connectivity index (χ1v) is 5.43. The molecule has 0 fully saturated rings. The molecule has 1 aromatic carbocycles. The Morgan fingerprint density at radius 1 is 1.19 bits per heavy atom. The Morgan fingerprint density at radius 3 is 2.62 bits per heavy atom. The number of anilines is 1. The van der Waals surface area contributed by atoms with Gasteiger partial charge in [-0.25, -0.2) is 9.97 Å². The van der Waals surface area contributed by atoms with Crippen molar-refractivity contribution in [2.24, 2.45) is 0 Å². The first-order valence-electron chi connectivity index (χ1n) is 5.06. The van der Waals surface area contributed by atoms with Crippen molar-refractivity contribution in [1.82, 2.24) is 9.97 Å². The molecule has 16 heavy (non-hydrogen) atoms. The standard InChI is InChI=1S/C12H12ClN3/c1-9(10-5-3-2-4-6-10)15-11-7-8-14-12(13)16-11/h2-9H,1H3,(H,14,15,16)/t9-/m1/s1. The van der Waals surface area contributed by atoms with Crippen LogP contribution in [0.5, 0.6) is 0 Å². The number of hydrogen-bond acceptors (Lipinski definition) is 3. The minimum atomic E-state index is 0.187. The van der Waals surface area contributed by atoms with Crippen molar-refractivity contribution < 1.29 is 0 Å². The van der Waals surface area contributed by atoms with Crippen LogP contribution in [0, 0.1) is 0 Å². The zero-order valence-electron chi connectivity index (χ0n) is 8.89. The average molecular weight is 234 g/mol. The number of nitrogens with one attached hydrogen (secondary N) is 1. The molecule has 2 rings (SSSR count). The fourth-order valence-corrected chi connectivity index (χ4v) is 1.61. The van der Waals surface area contributed by atoms with Gasteiger partial charge in [0.05, 0.1) is 0 Å². The van der Waals surface area contributed by atoms with Crippen LogP contribution in [0.4, 0.5) is 5.82 Å². The molecule has 0 saturated heterocycles. The smallest absolute Gasteiger partial charge is 0.224 e. The predicted molar refractivity (Wildman–Crippen MR) is 65.5 cm³/mol. The lowest BCUT2D eigenvalue weighted by Gasteiger charge is -2.14. The predicted octanol–water partition coefficient (Wildman–Crippen LogP) is 3.30. The quantitative estimate of drug-likeness (QED) is 0.827. The summed E-state index contributed by atoms with van der Waals surface area (Å²) in [6.07, 6.45) is 1.63. The van der Waals surface area contributed by atoms with Gasteiger partial charge < -0.3 is 5.32 Å². The highest BCUT2D eigenvalue weighted by atomic mass is 35.5. The fourth-order valence-electron chi connectivity index (χ4n) is 1.46. The maximum absolute atomic E-state index is 5.71. The topological polar surface area (TPSA) is 37.8 Å². The zero-order valence-corrected chi connectivity index (χ0v) is 9.65. The molecule has 1 aromatic heterocycles. The van der Waals surface area contributed by atoms with Crippen LogP contribution in [0.15, 0.2) is 42.6 Å². The first-order chi connectivity index (χ1) is 7.75. The van der Waals surface area contributed by atoms with Crippen LogP contribution in [0.1, 0.15) is 18.5 Å². The molecule has 0 amide bonds. The summed E-state index contributed by atoms with van der Waals surface area (Å²) in [6, 6.07) is 12.2. The molecule has 1 heterocycles. The molecule has 1 atom stereocenters. The second-order valence-electron chi connectivity index (χ2n) is 3.49. The van der Waals surface area contributed by atoms with Gasteiger partial charge in [0.1, 0.15) is 5.82 Å². The minimum Gasteiger partial charge on any atom is -0.363 e. The maximum atomic E-state index is 5.71. The third kappa shape index (κ3) is 2.70. The van der Waals surface area contributed by atoms with Gasteiger partial charge >= 0.3 is 0 Å². The average Bonchev–Trinajstić information content (AvgIpc) is 2.30. The Labute approximate surface area is 99.5 Å². The van der Waals surface area contributed by atoms with Crippen LogP contribution in [-0.4, -0.2) is 9.97 Å². The van der Waals surface area contributed by atoms with Gasteiger partial charge in [0.2, 0.25) is 5.28 Å². The normalized spacial score (nSPS) is 12.1. The first kappa shape index (κ1) is 10.9. The van der Waals surface area contributed by atoms with Crippen LogP contribution >= 0.6 is 11.6 Å². The molecule has 0 bridgehead atoms. The molecular weight excluding hydrogens is 222 g/mol. The van der Waals surface area contributed by atoms with E-state index in [0.29, 0.717) is 0 Å². The minimum absolute atomic E-state index is 0.187. The van der Waals surface area contributed by atoms with Gasteiger partial charge in [0.15, 0.2) is 0 Å². The number of hydrogen-bond donors (Lipinski definition) is 1. The van der Waals surface area contributed by atoms with Gasteiger partial charge in [-0.05, 0) is 30.2 Å². The van der Waals surface area contributed by atoms with Gasteiger partial charge in [-0.1, -0.05) is 30.3 Å². The molecule has 0 unspecified atom stereocenters. The van der Waals surface area contributed by atoms with Gasteiger partial charge in [-0.3, -0.25) is 0 Å². The Morgan fingerprint density at radius 2 is 1.94 bits per heavy atom. The second kappa shape index (κ2) is 4.94. The van der Waals surface area contributed by atoms with Crippen molar-refractivity contribution in [3.05, 3.63) is 53.4 Å². The summed E-state index contributed by atoms with van der Waals surface area (Å²) in [5.41, 5.74) is 1.21. The lowest BCUT2D eigenvalue weighted by Crippen LogP contribution is -2.07. The summed E-state index contributed by atoms with van der Waals surface area (Å²) in [5.74, 6) is 0.733. The molecule has 0 aliphatic heterocycles. The third-order valence-electron chi connectivity index (χ3n) is 2.29. The summed E-state index contributed by atoms with van der Waals surface area (Å²) in [4.78, 5) is 7.92. The van der Waals surface area contributed by atoms with Crippen molar-refractivity contribution in [3.8, 4) is 0 Å². The Bertz CT molecular complexity index is 459. The van der Waals surface area contributed by atoms with E-state index in [1.165, 1.54) is 5.56 Å². The molecule has 0 spiro atoms. The van der Waals surface area contributed by atoms with Crippen LogP contribution in [-0.2, 0) is 0 Å². The molecule has 2 aromatic rings. The summed E-state index contributed by atoms with van der Waals surface area (Å²) in [5, 5.41) is 3.52. The van der Waals surface area contributed by atoms with E-state index < -0.39 is 0 Å². The fraction of sp³-hybridized carbons (Fsp3) is 0.167. The highest BCUT2D eigenvalue weighted by Crippen LogP contribution is 2.17. The maximum Gasteiger partial charge on any atom is 0.224 e. The summed E-state index contributed by atoms with van der Waals surface area (Å²) < 4.78 is 0. The van der Waals surface area contributed by atoms with E-state index in [9.17, 15) is 0 Å². The highest BCUT2D eigenvalue weighted by molar-refractivity contribution is 6.28. The van der Waals surface area contributed by atoms with E-state index in [1.54, 1.807) is 12.3 Å². The number of benzene rings is 1. The molecule has 3 nitrogen and oxygen atoms in total. The summed E-state index contributed by atoms with van der Waals surface area (Å²) >= 11 is 5.71. The molecule has 0 aliphatic rings. The number of aromatic nitrogens is 2. The molecule has 1 N–H and O–H groups in total. The van der Waals surface area contributed by atoms with E-state index in [4.69, 9.17) is 11.6 Å². The van der Waals surface area contributed by atoms with Gasteiger partial charge in [-0.15, -0.1) is 0 Å². The van der Waals surface area contributed by atoms with Crippen molar-refractivity contribution in [2.75, 3.05) is 5.32 Å². The molecule has 4 heteroatoms. The van der Waals surface area contributed by atoms with Gasteiger partial charge in [0, 0.05) is 12.2 Å². The van der Waals surface area contributed by atoms with Gasteiger partial charge in [-0.2, -0.15) is 0 Å². The van der Waals surface area contributed by atoms with Crippen molar-refractivity contribution in [1.29, 1.82) is 0 Å². The van der Waals surface area contributed by atoms with E-state index in [2.05, 4.69) is 34.3 Å². The lowest BCUT2D eigenvalue weighted by atomic mass is 10.1.